The van der Waals surface area contributed by atoms with E-state index in [0.29, 0.717) is 17.7 Å². The van der Waals surface area contributed by atoms with Crippen molar-refractivity contribution in [1.82, 2.24) is 25.3 Å². The fraction of sp³-hybridized carbons (Fsp3) is 0.381. The molecule has 2 unspecified atom stereocenters. The van der Waals surface area contributed by atoms with Crippen LogP contribution in [0.15, 0.2) is 47.8 Å². The van der Waals surface area contributed by atoms with Gasteiger partial charge in [0.15, 0.2) is 0 Å². The third-order valence-electron chi connectivity index (χ3n) is 5.09. The second-order valence-electron chi connectivity index (χ2n) is 7.79. The zero-order valence-electron chi connectivity index (χ0n) is 17.7. The molecule has 0 aliphatic carbocycles. The number of nitrogens with one attached hydrogen (secondary N) is 3. The quantitative estimate of drug-likeness (QED) is 0.505. The number of ketones is 1. The van der Waals surface area contributed by atoms with E-state index in [9.17, 15) is 22.8 Å². The summed E-state index contributed by atoms with van der Waals surface area (Å²) >= 11 is 0. The fourth-order valence-electron chi connectivity index (χ4n) is 3.34. The molecule has 0 saturated carbocycles. The molecular weight excluding hydrogens is 434 g/mol. The predicted molar refractivity (Wildman–Crippen MR) is 115 cm³/mol. The summed E-state index contributed by atoms with van der Waals surface area (Å²) in [5.74, 6) is -2.77. The fourth-order valence-corrected chi connectivity index (χ4v) is 4.70. The number of fused-ring (bicyclic) bond motifs is 1. The molecule has 1 aromatic heterocycles. The smallest absolute Gasteiger partial charge is 0.289 e. The van der Waals surface area contributed by atoms with Gasteiger partial charge in [0, 0.05) is 31.3 Å². The molecule has 1 aliphatic heterocycles. The van der Waals surface area contributed by atoms with E-state index in [1.54, 1.807) is 38.2 Å². The van der Waals surface area contributed by atoms with E-state index in [2.05, 4.69) is 25.3 Å². The van der Waals surface area contributed by atoms with Gasteiger partial charge >= 0.3 is 0 Å². The molecule has 170 valence electrons. The van der Waals surface area contributed by atoms with Crippen molar-refractivity contribution in [3.8, 4) is 0 Å². The van der Waals surface area contributed by atoms with E-state index in [-0.39, 0.29) is 17.9 Å². The minimum atomic E-state index is -3.98. The van der Waals surface area contributed by atoms with E-state index in [1.165, 1.54) is 18.5 Å². The summed E-state index contributed by atoms with van der Waals surface area (Å²) in [5.41, 5.74) is 1.30. The SMILES string of the molecule is CC(C)C(NS(=O)(=O)c1ccccc1)C(=O)NC1Cc2cncnc2CCNC(=O)C1=O. The summed E-state index contributed by atoms with van der Waals surface area (Å²) in [6.07, 6.45) is 3.36. The maximum Gasteiger partial charge on any atom is 0.289 e. The third-order valence-corrected chi connectivity index (χ3v) is 6.55. The van der Waals surface area contributed by atoms with Crippen LogP contribution in [0.3, 0.4) is 0 Å². The molecule has 0 saturated heterocycles. The Morgan fingerprint density at radius 3 is 2.59 bits per heavy atom. The van der Waals surface area contributed by atoms with E-state index in [0.717, 1.165) is 0 Å². The van der Waals surface area contributed by atoms with Crippen LogP contribution < -0.4 is 15.4 Å². The van der Waals surface area contributed by atoms with Gasteiger partial charge in [0.05, 0.1) is 4.90 Å². The molecule has 0 spiro atoms. The monoisotopic (exact) mass is 459 g/mol. The minimum Gasteiger partial charge on any atom is -0.349 e. The van der Waals surface area contributed by atoms with E-state index >= 15 is 0 Å². The molecule has 0 radical (unpaired) electrons. The molecule has 2 amide bonds. The van der Waals surface area contributed by atoms with Gasteiger partial charge in [-0.1, -0.05) is 32.0 Å². The number of carbonyl (C=O) groups is 3. The number of benzene rings is 1. The molecule has 3 N–H and O–H groups in total. The molecule has 0 fully saturated rings. The van der Waals surface area contributed by atoms with Crippen molar-refractivity contribution in [2.75, 3.05) is 6.54 Å². The Morgan fingerprint density at radius 2 is 1.91 bits per heavy atom. The Balaban J connectivity index is 1.84. The van der Waals surface area contributed by atoms with E-state index < -0.39 is 45.6 Å². The molecule has 2 heterocycles. The molecule has 1 aromatic carbocycles. The molecule has 3 rings (SSSR count). The highest BCUT2D eigenvalue weighted by molar-refractivity contribution is 7.89. The minimum absolute atomic E-state index is 0.0161. The summed E-state index contributed by atoms with van der Waals surface area (Å²) in [6, 6.07) is 5.33. The normalized spacial score (nSPS) is 18.0. The summed E-state index contributed by atoms with van der Waals surface area (Å²) in [7, 11) is -3.98. The Labute approximate surface area is 186 Å². The van der Waals surface area contributed by atoms with Gasteiger partial charge in [-0.3, -0.25) is 14.4 Å². The standard InChI is InChI=1S/C21H25N5O5S/c1-13(2)18(26-32(30,31)15-6-4-3-5-7-15)20(28)25-17-10-14-11-22-12-24-16(14)8-9-23-21(29)19(17)27/h3-7,11-13,17-18,26H,8-10H2,1-2H3,(H,23,29)(H,25,28). The first-order chi connectivity index (χ1) is 15.2. The van der Waals surface area contributed by atoms with Gasteiger partial charge in [0.2, 0.25) is 21.7 Å². The van der Waals surface area contributed by atoms with E-state index in [4.69, 9.17) is 0 Å². The number of rotatable bonds is 6. The average Bonchev–Trinajstić information content (AvgIpc) is 2.82. The maximum absolute atomic E-state index is 13.1. The van der Waals surface area contributed by atoms with Gasteiger partial charge < -0.3 is 10.6 Å². The van der Waals surface area contributed by atoms with Crippen LogP contribution in [0, 0.1) is 5.92 Å². The van der Waals surface area contributed by atoms with Gasteiger partial charge in [-0.25, -0.2) is 18.4 Å². The first-order valence-electron chi connectivity index (χ1n) is 10.2. The zero-order valence-corrected chi connectivity index (χ0v) is 18.6. The van der Waals surface area contributed by atoms with Crippen LogP contribution >= 0.6 is 0 Å². The number of sulfonamides is 1. The highest BCUT2D eigenvalue weighted by Crippen LogP contribution is 2.14. The number of aromatic nitrogens is 2. The van der Waals surface area contributed by atoms with Crippen molar-refractivity contribution < 1.29 is 22.8 Å². The highest BCUT2D eigenvalue weighted by Gasteiger charge is 2.34. The number of amides is 2. The first-order valence-corrected chi connectivity index (χ1v) is 11.6. The van der Waals surface area contributed by atoms with Crippen LogP contribution in [0.25, 0.3) is 0 Å². The van der Waals surface area contributed by atoms with Gasteiger partial charge in [-0.2, -0.15) is 4.72 Å². The van der Waals surface area contributed by atoms with Crippen molar-refractivity contribution in [2.24, 2.45) is 5.92 Å². The molecule has 11 heteroatoms. The lowest BCUT2D eigenvalue weighted by molar-refractivity contribution is -0.140. The second kappa shape index (κ2) is 9.96. The average molecular weight is 460 g/mol. The van der Waals surface area contributed by atoms with E-state index in [1.807, 2.05) is 0 Å². The molecule has 1 aliphatic rings. The Hall–Kier alpha value is -3.18. The van der Waals surface area contributed by atoms with Crippen molar-refractivity contribution >= 4 is 27.6 Å². The van der Waals surface area contributed by atoms with Crippen molar-refractivity contribution in [3.05, 3.63) is 54.1 Å². The lowest BCUT2D eigenvalue weighted by Gasteiger charge is -2.24. The molecular formula is C21H25N5O5S. The van der Waals surface area contributed by atoms with Gasteiger partial charge in [-0.05, 0) is 23.6 Å². The Bertz CT molecular complexity index is 1100. The van der Waals surface area contributed by atoms with Gasteiger partial charge in [-0.15, -0.1) is 0 Å². The van der Waals surface area contributed by atoms with Crippen molar-refractivity contribution in [1.29, 1.82) is 0 Å². The van der Waals surface area contributed by atoms with Crippen LogP contribution in [0.2, 0.25) is 0 Å². The molecule has 10 nitrogen and oxygen atoms in total. The highest BCUT2D eigenvalue weighted by atomic mass is 32.2. The first kappa shape index (κ1) is 23.5. The third kappa shape index (κ3) is 5.54. The Kier molecular flexibility index (Phi) is 7.31. The van der Waals surface area contributed by atoms with Gasteiger partial charge in [0.25, 0.3) is 5.91 Å². The van der Waals surface area contributed by atoms with Crippen LogP contribution in [0.4, 0.5) is 0 Å². The largest absolute Gasteiger partial charge is 0.349 e. The number of carbonyl (C=O) groups excluding carboxylic acids is 3. The van der Waals surface area contributed by atoms with Crippen molar-refractivity contribution in [3.63, 3.8) is 0 Å². The maximum atomic E-state index is 13.1. The lowest BCUT2D eigenvalue weighted by atomic mass is 9.99. The van der Waals surface area contributed by atoms with Crippen LogP contribution in [0.5, 0.6) is 0 Å². The second-order valence-corrected chi connectivity index (χ2v) is 9.50. The lowest BCUT2D eigenvalue weighted by Crippen LogP contribution is -2.55. The molecule has 32 heavy (non-hydrogen) atoms. The van der Waals surface area contributed by atoms with Gasteiger partial charge in [0.1, 0.15) is 18.4 Å². The van der Waals surface area contributed by atoms with Crippen LogP contribution in [0.1, 0.15) is 25.1 Å². The number of Topliss-reactive ketones (excluding diaryl/α,β-unsaturated/α-hetero) is 1. The molecule has 2 atom stereocenters. The molecule has 2 aromatic rings. The van der Waals surface area contributed by atoms with Crippen LogP contribution in [-0.4, -0.2) is 54.6 Å². The van der Waals surface area contributed by atoms with Crippen molar-refractivity contribution in [2.45, 2.75) is 43.7 Å². The predicted octanol–water partition coefficient (Wildman–Crippen LogP) is -0.252. The summed E-state index contributed by atoms with van der Waals surface area (Å²) < 4.78 is 27.9. The zero-order chi connectivity index (χ0) is 23.3. The Morgan fingerprint density at radius 1 is 1.19 bits per heavy atom. The number of nitrogens with zero attached hydrogens (tertiary/aromatic N) is 2. The summed E-state index contributed by atoms with van der Waals surface area (Å²) in [6.45, 7) is 3.58. The molecule has 0 bridgehead atoms. The number of hydrogen-bond donors (Lipinski definition) is 3. The topological polar surface area (TPSA) is 147 Å². The summed E-state index contributed by atoms with van der Waals surface area (Å²) in [4.78, 5) is 46.1. The van der Waals surface area contributed by atoms with Crippen LogP contribution in [-0.2, 0) is 37.2 Å². The summed E-state index contributed by atoms with van der Waals surface area (Å²) in [5, 5.41) is 5.08. The number of hydrogen-bond acceptors (Lipinski definition) is 7.